The predicted molar refractivity (Wildman–Crippen MR) is 73.7 cm³/mol. The minimum Gasteiger partial charge on any atom is -0.444 e. The van der Waals surface area contributed by atoms with Gasteiger partial charge in [-0.1, -0.05) is 6.07 Å². The average Bonchev–Trinajstić information content (AvgIpc) is 2.37. The number of amides is 1. The predicted octanol–water partition coefficient (Wildman–Crippen LogP) is 3.68. The largest absolute Gasteiger partial charge is 0.444 e. The number of nitrogens with zero attached hydrogens (tertiary/aromatic N) is 2. The molecule has 0 aromatic carbocycles. The Hall–Kier alpha value is -1.65. The minimum atomic E-state index is -0.549. The van der Waals surface area contributed by atoms with Crippen LogP contribution in [0.2, 0.25) is 0 Å². The third kappa shape index (κ3) is 3.46. The molecule has 110 valence electrons. The number of carbonyl (C=O) groups excluding carboxylic acids is 1. The van der Waals surface area contributed by atoms with Crippen LogP contribution in [0.4, 0.5) is 9.18 Å². The maximum atomic E-state index is 13.9. The van der Waals surface area contributed by atoms with Crippen LogP contribution in [0, 0.1) is 5.95 Å². The van der Waals surface area contributed by atoms with Crippen molar-refractivity contribution in [3.05, 3.63) is 29.8 Å². The maximum Gasteiger partial charge on any atom is 0.410 e. The van der Waals surface area contributed by atoms with E-state index >= 15 is 0 Å². The van der Waals surface area contributed by atoms with Crippen molar-refractivity contribution in [3.8, 4) is 0 Å². The summed E-state index contributed by atoms with van der Waals surface area (Å²) in [6.07, 6.45) is 3.66. The lowest BCUT2D eigenvalue weighted by atomic mass is 9.96. The van der Waals surface area contributed by atoms with E-state index in [1.54, 1.807) is 17.0 Å². The van der Waals surface area contributed by atoms with Crippen molar-refractivity contribution in [1.82, 2.24) is 9.88 Å². The van der Waals surface area contributed by atoms with Gasteiger partial charge in [-0.25, -0.2) is 9.78 Å². The molecule has 0 aliphatic carbocycles. The summed E-state index contributed by atoms with van der Waals surface area (Å²) in [5.41, 5.74) is -0.0786. The standard InChI is InChI=1S/C15H21FN2O2/c1-15(2,3)20-14(19)18-10-5-4-8-12(18)11-7-6-9-17-13(11)16/h6-7,9,12H,4-5,8,10H2,1-3H3. The zero-order chi connectivity index (χ0) is 14.8. The topological polar surface area (TPSA) is 42.4 Å². The van der Waals surface area contributed by atoms with Gasteiger partial charge in [0.2, 0.25) is 5.95 Å². The Bertz CT molecular complexity index is 485. The average molecular weight is 280 g/mol. The molecule has 1 saturated heterocycles. The van der Waals surface area contributed by atoms with Crippen LogP contribution >= 0.6 is 0 Å². The number of aromatic nitrogens is 1. The van der Waals surface area contributed by atoms with Crippen molar-refractivity contribution >= 4 is 6.09 Å². The number of ether oxygens (including phenoxy) is 1. The van der Waals surface area contributed by atoms with Gasteiger partial charge in [0, 0.05) is 18.3 Å². The summed E-state index contributed by atoms with van der Waals surface area (Å²) in [4.78, 5) is 17.6. The van der Waals surface area contributed by atoms with E-state index in [-0.39, 0.29) is 12.1 Å². The van der Waals surface area contributed by atoms with Gasteiger partial charge in [0.1, 0.15) is 5.60 Å². The van der Waals surface area contributed by atoms with Crippen molar-refractivity contribution in [2.45, 2.75) is 51.7 Å². The van der Waals surface area contributed by atoms with Crippen LogP contribution in [0.1, 0.15) is 51.6 Å². The lowest BCUT2D eigenvalue weighted by molar-refractivity contribution is 0.00907. The Balaban J connectivity index is 2.22. The van der Waals surface area contributed by atoms with E-state index in [0.29, 0.717) is 12.1 Å². The number of pyridine rings is 1. The lowest BCUT2D eigenvalue weighted by Gasteiger charge is -2.36. The SMILES string of the molecule is CC(C)(C)OC(=O)N1CCCCC1c1cccnc1F. The molecule has 1 atom stereocenters. The van der Waals surface area contributed by atoms with E-state index in [1.165, 1.54) is 6.20 Å². The van der Waals surface area contributed by atoms with Gasteiger partial charge in [-0.15, -0.1) is 0 Å². The van der Waals surface area contributed by atoms with E-state index in [1.807, 2.05) is 20.8 Å². The maximum absolute atomic E-state index is 13.9. The summed E-state index contributed by atoms with van der Waals surface area (Å²) in [5, 5.41) is 0. The van der Waals surface area contributed by atoms with Crippen molar-refractivity contribution in [2.75, 3.05) is 6.54 Å². The smallest absolute Gasteiger partial charge is 0.410 e. The minimum absolute atomic E-state index is 0.285. The highest BCUT2D eigenvalue weighted by Gasteiger charge is 2.32. The van der Waals surface area contributed by atoms with Crippen LogP contribution in [-0.4, -0.2) is 28.1 Å². The fourth-order valence-electron chi connectivity index (χ4n) is 2.44. The van der Waals surface area contributed by atoms with E-state index in [0.717, 1.165) is 19.3 Å². The van der Waals surface area contributed by atoms with E-state index in [2.05, 4.69) is 4.98 Å². The Labute approximate surface area is 118 Å². The number of likely N-dealkylation sites (tertiary alicyclic amines) is 1. The summed E-state index contributed by atoms with van der Waals surface area (Å²) >= 11 is 0. The van der Waals surface area contributed by atoms with Crippen LogP contribution in [0.3, 0.4) is 0 Å². The van der Waals surface area contributed by atoms with Gasteiger partial charge < -0.3 is 9.64 Å². The molecule has 1 aromatic heterocycles. The van der Waals surface area contributed by atoms with Gasteiger partial charge in [-0.2, -0.15) is 4.39 Å². The highest BCUT2D eigenvalue weighted by atomic mass is 19.1. The molecular formula is C15H21FN2O2. The third-order valence-corrected chi connectivity index (χ3v) is 3.28. The number of hydrogen-bond acceptors (Lipinski definition) is 3. The fourth-order valence-corrected chi connectivity index (χ4v) is 2.44. The van der Waals surface area contributed by atoms with Gasteiger partial charge in [0.05, 0.1) is 6.04 Å². The Morgan fingerprint density at radius 1 is 1.45 bits per heavy atom. The van der Waals surface area contributed by atoms with Crippen molar-refractivity contribution in [3.63, 3.8) is 0 Å². The Morgan fingerprint density at radius 2 is 2.20 bits per heavy atom. The monoisotopic (exact) mass is 280 g/mol. The van der Waals surface area contributed by atoms with Gasteiger partial charge in [0.25, 0.3) is 0 Å². The summed E-state index contributed by atoms with van der Waals surface area (Å²) in [6.45, 7) is 6.07. The second-order valence-electron chi connectivity index (χ2n) is 6.07. The first-order valence-electron chi connectivity index (χ1n) is 6.98. The molecule has 1 amide bonds. The summed E-state index contributed by atoms with van der Waals surface area (Å²) in [6, 6.07) is 3.10. The molecule has 0 saturated carbocycles. The third-order valence-electron chi connectivity index (χ3n) is 3.28. The van der Waals surface area contributed by atoms with Crippen molar-refractivity contribution < 1.29 is 13.9 Å². The van der Waals surface area contributed by atoms with E-state index in [4.69, 9.17) is 4.74 Å². The molecule has 20 heavy (non-hydrogen) atoms. The second-order valence-corrected chi connectivity index (χ2v) is 6.07. The molecule has 2 rings (SSSR count). The first-order chi connectivity index (χ1) is 9.38. The Kier molecular flexibility index (Phi) is 4.26. The van der Waals surface area contributed by atoms with Crippen LogP contribution in [0.5, 0.6) is 0 Å². The zero-order valence-electron chi connectivity index (χ0n) is 12.2. The van der Waals surface area contributed by atoms with Gasteiger partial charge in [-0.05, 0) is 46.1 Å². The molecule has 0 N–H and O–H groups in total. The summed E-state index contributed by atoms with van der Waals surface area (Å²) in [5.74, 6) is -0.507. The van der Waals surface area contributed by atoms with Crippen LogP contribution in [0.15, 0.2) is 18.3 Å². The molecule has 2 heterocycles. The number of piperidine rings is 1. The number of hydrogen-bond donors (Lipinski definition) is 0. The number of carbonyl (C=O) groups is 1. The molecule has 1 fully saturated rings. The molecule has 0 bridgehead atoms. The molecule has 5 heteroatoms. The van der Waals surface area contributed by atoms with Crippen LogP contribution < -0.4 is 0 Å². The van der Waals surface area contributed by atoms with Gasteiger partial charge >= 0.3 is 6.09 Å². The number of halogens is 1. The van der Waals surface area contributed by atoms with E-state index < -0.39 is 11.5 Å². The molecular weight excluding hydrogens is 259 g/mol. The van der Waals surface area contributed by atoms with Crippen molar-refractivity contribution in [1.29, 1.82) is 0 Å². The second kappa shape index (κ2) is 5.77. The fraction of sp³-hybridized carbons (Fsp3) is 0.600. The van der Waals surface area contributed by atoms with Crippen LogP contribution in [-0.2, 0) is 4.74 Å². The first-order valence-corrected chi connectivity index (χ1v) is 6.98. The Morgan fingerprint density at radius 3 is 2.85 bits per heavy atom. The molecule has 1 aromatic rings. The highest BCUT2D eigenvalue weighted by molar-refractivity contribution is 5.69. The lowest BCUT2D eigenvalue weighted by Crippen LogP contribution is -2.42. The van der Waals surface area contributed by atoms with Gasteiger partial charge in [-0.3, -0.25) is 0 Å². The number of rotatable bonds is 1. The molecule has 4 nitrogen and oxygen atoms in total. The molecule has 1 unspecified atom stereocenters. The molecule has 1 aliphatic heterocycles. The summed E-state index contributed by atoms with van der Waals surface area (Å²) in [7, 11) is 0. The molecule has 0 spiro atoms. The zero-order valence-corrected chi connectivity index (χ0v) is 12.2. The quantitative estimate of drug-likeness (QED) is 0.737. The summed E-state index contributed by atoms with van der Waals surface area (Å²) < 4.78 is 19.3. The van der Waals surface area contributed by atoms with Crippen LogP contribution in [0.25, 0.3) is 0 Å². The normalized spacial score (nSPS) is 19.8. The van der Waals surface area contributed by atoms with Gasteiger partial charge in [0.15, 0.2) is 0 Å². The van der Waals surface area contributed by atoms with E-state index in [9.17, 15) is 9.18 Å². The highest BCUT2D eigenvalue weighted by Crippen LogP contribution is 2.32. The molecule has 1 aliphatic rings. The van der Waals surface area contributed by atoms with Crippen molar-refractivity contribution in [2.24, 2.45) is 0 Å². The first kappa shape index (κ1) is 14.8. The molecule has 0 radical (unpaired) electrons.